The van der Waals surface area contributed by atoms with E-state index in [-0.39, 0.29) is 37.0 Å². The smallest absolute Gasteiger partial charge is 0.243 e. The molecule has 2 aromatic carbocycles. The Morgan fingerprint density at radius 3 is 2.30 bits per heavy atom. The number of carbonyl (C=O) groups is 2. The minimum Gasteiger partial charge on any atom is -0.395 e. The Morgan fingerprint density at radius 2 is 1.70 bits per heavy atom. The van der Waals surface area contributed by atoms with Crippen LogP contribution in [-0.4, -0.2) is 61.9 Å². The fourth-order valence-electron chi connectivity index (χ4n) is 3.76. The molecular formula is C23H28FN3O5S. The van der Waals surface area contributed by atoms with Crippen LogP contribution in [0.4, 0.5) is 4.39 Å². The summed E-state index contributed by atoms with van der Waals surface area (Å²) in [6.07, 6.45) is 0.910. The second kappa shape index (κ2) is 11.4. The van der Waals surface area contributed by atoms with Crippen LogP contribution in [0.5, 0.6) is 0 Å². The van der Waals surface area contributed by atoms with Gasteiger partial charge in [-0.1, -0.05) is 30.3 Å². The van der Waals surface area contributed by atoms with Crippen LogP contribution in [0.15, 0.2) is 59.5 Å². The number of nitrogens with zero attached hydrogens (tertiary/aromatic N) is 1. The van der Waals surface area contributed by atoms with Crippen LogP contribution in [0.2, 0.25) is 0 Å². The Labute approximate surface area is 192 Å². The van der Waals surface area contributed by atoms with Crippen molar-refractivity contribution in [2.45, 2.75) is 30.2 Å². The first kappa shape index (κ1) is 24.8. The quantitative estimate of drug-likeness (QED) is 0.500. The highest BCUT2D eigenvalue weighted by Crippen LogP contribution is 2.24. The minimum atomic E-state index is -3.77. The van der Waals surface area contributed by atoms with E-state index in [1.54, 1.807) is 0 Å². The number of amides is 2. The van der Waals surface area contributed by atoms with Gasteiger partial charge in [-0.05, 0) is 42.7 Å². The predicted octanol–water partition coefficient (Wildman–Crippen LogP) is 1.06. The second-order valence-electron chi connectivity index (χ2n) is 7.90. The number of carbonyl (C=O) groups excluding carboxylic acids is 2. The number of hydrogen-bond donors (Lipinski definition) is 3. The maximum Gasteiger partial charge on any atom is 0.243 e. The molecule has 1 saturated heterocycles. The van der Waals surface area contributed by atoms with Gasteiger partial charge in [-0.15, -0.1) is 0 Å². The zero-order valence-electron chi connectivity index (χ0n) is 18.1. The van der Waals surface area contributed by atoms with E-state index in [0.717, 1.165) is 17.7 Å². The van der Waals surface area contributed by atoms with E-state index in [9.17, 15) is 22.4 Å². The lowest BCUT2D eigenvalue weighted by Gasteiger charge is -2.31. The molecule has 0 bridgehead atoms. The molecule has 33 heavy (non-hydrogen) atoms. The predicted molar refractivity (Wildman–Crippen MR) is 120 cm³/mol. The van der Waals surface area contributed by atoms with Gasteiger partial charge in [0.15, 0.2) is 0 Å². The van der Waals surface area contributed by atoms with Crippen molar-refractivity contribution < 1.29 is 27.5 Å². The molecule has 1 atom stereocenters. The normalized spacial score (nSPS) is 16.2. The van der Waals surface area contributed by atoms with Gasteiger partial charge in [0.2, 0.25) is 21.8 Å². The fraction of sp³-hybridized carbons (Fsp3) is 0.391. The number of piperidine rings is 1. The molecule has 2 aromatic rings. The van der Waals surface area contributed by atoms with E-state index >= 15 is 0 Å². The molecule has 10 heteroatoms. The largest absolute Gasteiger partial charge is 0.395 e. The number of aliphatic hydroxyl groups is 1. The fourth-order valence-corrected chi connectivity index (χ4v) is 5.23. The maximum atomic E-state index is 13.1. The molecule has 1 aliphatic heterocycles. The lowest BCUT2D eigenvalue weighted by atomic mass is 9.96. The molecule has 2 amide bonds. The van der Waals surface area contributed by atoms with Gasteiger partial charge < -0.3 is 15.7 Å². The number of hydrogen-bond acceptors (Lipinski definition) is 5. The van der Waals surface area contributed by atoms with Crippen LogP contribution in [-0.2, 0) is 26.0 Å². The third kappa shape index (κ3) is 6.59. The van der Waals surface area contributed by atoms with Crippen molar-refractivity contribution in [2.24, 2.45) is 5.92 Å². The standard InChI is InChI=1S/C23H28FN3O5S/c24-19-6-8-20(9-7-19)33(31,32)27-13-10-18(11-14-27)22(29)26-21(23(30)25-12-15-28)16-17-4-2-1-3-5-17/h1-9,18,21,28H,10-16H2,(H,25,30)(H,26,29). The van der Waals surface area contributed by atoms with Crippen molar-refractivity contribution >= 4 is 21.8 Å². The average molecular weight is 478 g/mol. The third-order valence-corrected chi connectivity index (χ3v) is 7.52. The van der Waals surface area contributed by atoms with Crippen LogP contribution in [0.25, 0.3) is 0 Å². The molecule has 1 unspecified atom stereocenters. The van der Waals surface area contributed by atoms with E-state index < -0.39 is 33.7 Å². The number of halogens is 1. The number of rotatable bonds is 9. The SMILES string of the molecule is O=C(NC(Cc1ccccc1)C(=O)NCCO)C1CCN(S(=O)(=O)c2ccc(F)cc2)CC1. The molecule has 3 rings (SSSR count). The highest BCUT2D eigenvalue weighted by Gasteiger charge is 2.33. The van der Waals surface area contributed by atoms with Crippen molar-refractivity contribution in [2.75, 3.05) is 26.2 Å². The summed E-state index contributed by atoms with van der Waals surface area (Å²) in [6.45, 7) is 0.175. The summed E-state index contributed by atoms with van der Waals surface area (Å²) in [7, 11) is -3.77. The van der Waals surface area contributed by atoms with Crippen molar-refractivity contribution in [1.82, 2.24) is 14.9 Å². The zero-order chi connectivity index (χ0) is 23.8. The minimum absolute atomic E-state index is 0.00952. The van der Waals surface area contributed by atoms with E-state index in [1.165, 1.54) is 16.4 Å². The Bertz CT molecular complexity index is 1040. The maximum absolute atomic E-state index is 13.1. The molecule has 1 aliphatic rings. The third-order valence-electron chi connectivity index (χ3n) is 5.60. The summed E-state index contributed by atoms with van der Waals surface area (Å²) in [6, 6.07) is 13.1. The summed E-state index contributed by atoms with van der Waals surface area (Å²) in [4.78, 5) is 25.4. The summed E-state index contributed by atoms with van der Waals surface area (Å²) in [5, 5.41) is 14.4. The van der Waals surface area contributed by atoms with E-state index in [4.69, 9.17) is 5.11 Å². The number of benzene rings is 2. The molecule has 0 aromatic heterocycles. The highest BCUT2D eigenvalue weighted by atomic mass is 32.2. The first-order chi connectivity index (χ1) is 15.8. The number of aliphatic hydroxyl groups excluding tert-OH is 1. The van der Waals surface area contributed by atoms with Gasteiger partial charge in [-0.3, -0.25) is 9.59 Å². The van der Waals surface area contributed by atoms with Crippen LogP contribution >= 0.6 is 0 Å². The van der Waals surface area contributed by atoms with Crippen molar-refractivity contribution in [3.05, 3.63) is 66.0 Å². The second-order valence-corrected chi connectivity index (χ2v) is 9.84. The summed E-state index contributed by atoms with van der Waals surface area (Å²) >= 11 is 0. The molecule has 8 nitrogen and oxygen atoms in total. The van der Waals surface area contributed by atoms with Crippen LogP contribution in [0, 0.1) is 11.7 Å². The molecule has 1 heterocycles. The van der Waals surface area contributed by atoms with Crippen LogP contribution in [0.3, 0.4) is 0 Å². The van der Waals surface area contributed by atoms with E-state index in [1.807, 2.05) is 30.3 Å². The van der Waals surface area contributed by atoms with Crippen LogP contribution < -0.4 is 10.6 Å². The van der Waals surface area contributed by atoms with Gasteiger partial charge in [-0.2, -0.15) is 4.31 Å². The van der Waals surface area contributed by atoms with Gasteiger partial charge >= 0.3 is 0 Å². The topological polar surface area (TPSA) is 116 Å². The van der Waals surface area contributed by atoms with Crippen molar-refractivity contribution in [3.63, 3.8) is 0 Å². The van der Waals surface area contributed by atoms with Crippen molar-refractivity contribution in [1.29, 1.82) is 0 Å². The molecule has 0 spiro atoms. The molecule has 3 N–H and O–H groups in total. The molecule has 0 saturated carbocycles. The molecular weight excluding hydrogens is 449 g/mol. The highest BCUT2D eigenvalue weighted by molar-refractivity contribution is 7.89. The lowest BCUT2D eigenvalue weighted by Crippen LogP contribution is -2.51. The summed E-state index contributed by atoms with van der Waals surface area (Å²) < 4.78 is 40.0. The van der Waals surface area contributed by atoms with E-state index in [0.29, 0.717) is 19.3 Å². The Kier molecular flexibility index (Phi) is 8.54. The van der Waals surface area contributed by atoms with Gasteiger partial charge in [0.05, 0.1) is 11.5 Å². The Morgan fingerprint density at radius 1 is 1.06 bits per heavy atom. The van der Waals surface area contributed by atoms with Crippen LogP contribution in [0.1, 0.15) is 18.4 Å². The van der Waals surface area contributed by atoms with Gasteiger partial charge in [0.1, 0.15) is 11.9 Å². The molecule has 178 valence electrons. The van der Waals surface area contributed by atoms with Gasteiger partial charge in [0, 0.05) is 32.0 Å². The summed E-state index contributed by atoms with van der Waals surface area (Å²) in [5.74, 6) is -1.66. The molecule has 1 fully saturated rings. The zero-order valence-corrected chi connectivity index (χ0v) is 18.9. The van der Waals surface area contributed by atoms with E-state index in [2.05, 4.69) is 10.6 Å². The average Bonchev–Trinajstić information content (AvgIpc) is 2.83. The lowest BCUT2D eigenvalue weighted by molar-refractivity contribution is -0.131. The first-order valence-electron chi connectivity index (χ1n) is 10.8. The Hall–Kier alpha value is -2.82. The first-order valence-corrected chi connectivity index (χ1v) is 12.2. The molecule has 0 aliphatic carbocycles. The summed E-state index contributed by atoms with van der Waals surface area (Å²) in [5.41, 5.74) is 0.877. The van der Waals surface area contributed by atoms with Gasteiger partial charge in [0.25, 0.3) is 0 Å². The Balaban J connectivity index is 1.61. The molecule has 0 radical (unpaired) electrons. The van der Waals surface area contributed by atoms with Gasteiger partial charge in [-0.25, -0.2) is 12.8 Å². The van der Waals surface area contributed by atoms with Crippen molar-refractivity contribution in [3.8, 4) is 0 Å². The number of sulfonamides is 1. The monoisotopic (exact) mass is 477 g/mol. The number of nitrogens with one attached hydrogen (secondary N) is 2.